The highest BCUT2D eigenvalue weighted by Crippen LogP contribution is 2.09. The van der Waals surface area contributed by atoms with Crippen molar-refractivity contribution in [3.63, 3.8) is 0 Å². The zero-order chi connectivity index (χ0) is 14.5. The van der Waals surface area contributed by atoms with Crippen molar-refractivity contribution >= 4 is 23.4 Å². The predicted octanol–water partition coefficient (Wildman–Crippen LogP) is 0.234. The Morgan fingerprint density at radius 1 is 1.70 bits per heavy atom. The van der Waals surface area contributed by atoms with Gasteiger partial charge in [-0.25, -0.2) is 4.98 Å². The highest BCUT2D eigenvalue weighted by atomic mass is 35.5. The summed E-state index contributed by atoms with van der Waals surface area (Å²) >= 11 is 5.91. The first-order valence-electron chi connectivity index (χ1n) is 6.50. The molecule has 0 bridgehead atoms. The average Bonchev–Trinajstić information content (AvgIpc) is 2.91. The van der Waals surface area contributed by atoms with E-state index in [0.717, 1.165) is 24.1 Å². The second-order valence-electron chi connectivity index (χ2n) is 4.46. The largest absolute Gasteiger partial charge is 0.465 e. The highest BCUT2D eigenvalue weighted by Gasteiger charge is 2.18. The Hall–Kier alpha value is -1.60. The van der Waals surface area contributed by atoms with Crippen LogP contribution in [0.15, 0.2) is 11.0 Å². The Labute approximate surface area is 121 Å². The first kappa shape index (κ1) is 14.8. The first-order chi connectivity index (χ1) is 9.61. The lowest BCUT2D eigenvalue weighted by Crippen LogP contribution is -2.32. The molecule has 0 unspecified atom stereocenters. The van der Waals surface area contributed by atoms with Gasteiger partial charge in [-0.05, 0) is 19.9 Å². The van der Waals surface area contributed by atoms with Gasteiger partial charge in [-0.1, -0.05) is 11.6 Å². The maximum absolute atomic E-state index is 12.2. The van der Waals surface area contributed by atoms with Crippen LogP contribution in [0.5, 0.6) is 0 Å². The van der Waals surface area contributed by atoms with Gasteiger partial charge in [0.2, 0.25) is 0 Å². The van der Waals surface area contributed by atoms with Gasteiger partial charge in [0.05, 0.1) is 12.8 Å². The number of nitrogens with one attached hydrogen (secondary N) is 2. The standard InChI is InChI=1S/C12H17ClN4O3/c1-2-20-10(18)7-17-9(13)6-15-11(12(17)19)16-8-3-4-14-5-8/h6,8,14H,2-5,7H2,1H3,(H,15,16)/t8-/m0/s1. The van der Waals surface area contributed by atoms with Crippen molar-refractivity contribution in [1.29, 1.82) is 0 Å². The summed E-state index contributed by atoms with van der Waals surface area (Å²) in [6, 6.07) is 0.160. The van der Waals surface area contributed by atoms with Crippen LogP contribution in [0.25, 0.3) is 0 Å². The van der Waals surface area contributed by atoms with Crippen LogP contribution >= 0.6 is 11.6 Å². The fourth-order valence-electron chi connectivity index (χ4n) is 2.02. The fourth-order valence-corrected chi connectivity index (χ4v) is 2.21. The van der Waals surface area contributed by atoms with E-state index in [1.807, 2.05) is 0 Å². The van der Waals surface area contributed by atoms with E-state index in [9.17, 15) is 9.59 Å². The van der Waals surface area contributed by atoms with Crippen molar-refractivity contribution in [2.24, 2.45) is 0 Å². The third-order valence-electron chi connectivity index (χ3n) is 3.00. The first-order valence-corrected chi connectivity index (χ1v) is 6.87. The van der Waals surface area contributed by atoms with Gasteiger partial charge in [-0.15, -0.1) is 0 Å². The van der Waals surface area contributed by atoms with Gasteiger partial charge in [-0.3, -0.25) is 14.2 Å². The van der Waals surface area contributed by atoms with Crippen LogP contribution in [-0.2, 0) is 16.1 Å². The third-order valence-corrected chi connectivity index (χ3v) is 3.30. The molecule has 1 atom stereocenters. The predicted molar refractivity (Wildman–Crippen MR) is 75.0 cm³/mol. The molecular formula is C12H17ClN4O3. The Bertz CT molecular complexity index is 540. The normalized spacial score (nSPS) is 18.0. The van der Waals surface area contributed by atoms with Crippen molar-refractivity contribution < 1.29 is 9.53 Å². The van der Waals surface area contributed by atoms with Crippen LogP contribution in [0.3, 0.4) is 0 Å². The molecule has 1 fully saturated rings. The molecular weight excluding hydrogens is 284 g/mol. The van der Waals surface area contributed by atoms with Gasteiger partial charge in [0.15, 0.2) is 5.82 Å². The van der Waals surface area contributed by atoms with Crippen molar-refractivity contribution in [2.45, 2.75) is 25.9 Å². The molecule has 2 rings (SSSR count). The molecule has 1 aliphatic rings. The SMILES string of the molecule is CCOC(=O)Cn1c(Cl)cnc(N[C@H]2CCNC2)c1=O. The van der Waals surface area contributed by atoms with Gasteiger partial charge in [-0.2, -0.15) is 0 Å². The van der Waals surface area contributed by atoms with Crippen LogP contribution in [0, 0.1) is 0 Å². The number of hydrogen-bond acceptors (Lipinski definition) is 6. The van der Waals surface area contributed by atoms with E-state index in [4.69, 9.17) is 16.3 Å². The molecule has 2 heterocycles. The quantitative estimate of drug-likeness (QED) is 0.758. The number of ether oxygens (including phenoxy) is 1. The molecule has 1 aromatic heterocycles. The number of halogens is 1. The zero-order valence-corrected chi connectivity index (χ0v) is 11.9. The van der Waals surface area contributed by atoms with E-state index in [1.54, 1.807) is 6.92 Å². The molecule has 2 N–H and O–H groups in total. The summed E-state index contributed by atoms with van der Waals surface area (Å²) in [4.78, 5) is 27.7. The van der Waals surface area contributed by atoms with Crippen molar-refractivity contribution in [1.82, 2.24) is 14.9 Å². The number of hydrogen-bond donors (Lipinski definition) is 2. The lowest BCUT2D eigenvalue weighted by Gasteiger charge is -2.14. The maximum Gasteiger partial charge on any atom is 0.326 e. The molecule has 0 radical (unpaired) electrons. The highest BCUT2D eigenvalue weighted by molar-refractivity contribution is 6.29. The minimum Gasteiger partial charge on any atom is -0.465 e. The number of anilines is 1. The monoisotopic (exact) mass is 300 g/mol. The van der Waals surface area contributed by atoms with Crippen molar-refractivity contribution in [3.05, 3.63) is 21.7 Å². The molecule has 1 aromatic rings. The van der Waals surface area contributed by atoms with E-state index < -0.39 is 11.5 Å². The Kier molecular flexibility index (Phi) is 4.97. The second-order valence-corrected chi connectivity index (χ2v) is 4.85. The lowest BCUT2D eigenvalue weighted by atomic mass is 10.2. The summed E-state index contributed by atoms with van der Waals surface area (Å²) in [5.41, 5.74) is -0.419. The maximum atomic E-state index is 12.2. The molecule has 110 valence electrons. The molecule has 0 aliphatic carbocycles. The summed E-state index contributed by atoms with van der Waals surface area (Å²) in [7, 11) is 0. The third kappa shape index (κ3) is 3.49. The molecule has 1 saturated heterocycles. The summed E-state index contributed by atoms with van der Waals surface area (Å²) in [6.07, 6.45) is 2.27. The molecule has 20 heavy (non-hydrogen) atoms. The number of nitrogens with zero attached hydrogens (tertiary/aromatic N) is 2. The number of aromatic nitrogens is 2. The minimum atomic E-state index is -0.504. The van der Waals surface area contributed by atoms with Crippen LogP contribution in [0.4, 0.5) is 5.82 Å². The number of carbonyl (C=O) groups is 1. The Balaban J connectivity index is 2.18. The molecule has 0 aromatic carbocycles. The van der Waals surface area contributed by atoms with Crippen LogP contribution < -0.4 is 16.2 Å². The van der Waals surface area contributed by atoms with E-state index in [2.05, 4.69) is 15.6 Å². The summed E-state index contributed by atoms with van der Waals surface area (Å²) in [5, 5.41) is 6.36. The Morgan fingerprint density at radius 2 is 2.50 bits per heavy atom. The van der Waals surface area contributed by atoms with Gasteiger partial charge >= 0.3 is 5.97 Å². The summed E-state index contributed by atoms with van der Waals surface area (Å²) < 4.78 is 5.97. The van der Waals surface area contributed by atoms with E-state index in [0.29, 0.717) is 0 Å². The van der Waals surface area contributed by atoms with Gasteiger partial charge in [0.25, 0.3) is 5.56 Å². The molecule has 1 aliphatic heterocycles. The minimum absolute atomic E-state index is 0.109. The van der Waals surface area contributed by atoms with Gasteiger partial charge < -0.3 is 15.4 Å². The van der Waals surface area contributed by atoms with Crippen LogP contribution in [0.1, 0.15) is 13.3 Å². The molecule has 7 nitrogen and oxygen atoms in total. The number of rotatable bonds is 5. The van der Waals surface area contributed by atoms with Crippen molar-refractivity contribution in [2.75, 3.05) is 25.0 Å². The molecule has 8 heteroatoms. The van der Waals surface area contributed by atoms with Crippen LogP contribution in [-0.4, -0.2) is 41.3 Å². The average molecular weight is 301 g/mol. The Morgan fingerprint density at radius 3 is 3.15 bits per heavy atom. The van der Waals surface area contributed by atoms with Crippen LogP contribution in [0.2, 0.25) is 5.15 Å². The van der Waals surface area contributed by atoms with Gasteiger partial charge in [0, 0.05) is 12.6 Å². The fraction of sp³-hybridized carbons (Fsp3) is 0.583. The number of esters is 1. The van der Waals surface area contributed by atoms with Gasteiger partial charge in [0.1, 0.15) is 11.7 Å². The van der Waals surface area contributed by atoms with E-state index in [1.165, 1.54) is 6.20 Å². The summed E-state index contributed by atoms with van der Waals surface area (Å²) in [6.45, 7) is 3.43. The number of carbonyl (C=O) groups excluding carboxylic acids is 1. The van der Waals surface area contributed by atoms with E-state index >= 15 is 0 Å². The van der Waals surface area contributed by atoms with Crippen molar-refractivity contribution in [3.8, 4) is 0 Å². The van der Waals surface area contributed by atoms with E-state index in [-0.39, 0.29) is 30.2 Å². The summed E-state index contributed by atoms with van der Waals surface area (Å²) in [5.74, 6) is -0.302. The molecule has 0 amide bonds. The zero-order valence-electron chi connectivity index (χ0n) is 11.2. The smallest absolute Gasteiger partial charge is 0.326 e. The lowest BCUT2D eigenvalue weighted by molar-refractivity contribution is -0.143. The topological polar surface area (TPSA) is 85.2 Å². The molecule has 0 spiro atoms. The molecule has 0 saturated carbocycles. The second kappa shape index (κ2) is 6.71.